The van der Waals surface area contributed by atoms with Crippen LogP contribution in [0.5, 0.6) is 5.75 Å². The van der Waals surface area contributed by atoms with Gasteiger partial charge in [-0.05, 0) is 73.7 Å². The number of methoxy groups -OCH3 is 1. The SMILES string of the molecule is COc1ccc(C(CC(C)C)NC(=O)C2CCN(Cc3ccc(F)cc3)CC2)cc1. The lowest BCUT2D eigenvalue weighted by Crippen LogP contribution is -2.41. The molecule has 1 fully saturated rings. The molecule has 5 heteroatoms. The smallest absolute Gasteiger partial charge is 0.223 e. The topological polar surface area (TPSA) is 41.6 Å². The van der Waals surface area contributed by atoms with Crippen molar-refractivity contribution in [1.82, 2.24) is 10.2 Å². The van der Waals surface area contributed by atoms with Crippen molar-refractivity contribution >= 4 is 5.91 Å². The van der Waals surface area contributed by atoms with Gasteiger partial charge in [-0.2, -0.15) is 0 Å². The maximum Gasteiger partial charge on any atom is 0.223 e. The molecule has 0 saturated carbocycles. The fourth-order valence-corrected chi connectivity index (χ4v) is 4.08. The predicted octanol–water partition coefficient (Wildman–Crippen LogP) is 4.95. The molecule has 0 radical (unpaired) electrons. The molecule has 4 nitrogen and oxygen atoms in total. The van der Waals surface area contributed by atoms with Crippen molar-refractivity contribution in [3.63, 3.8) is 0 Å². The molecule has 1 atom stereocenters. The monoisotopic (exact) mass is 412 g/mol. The van der Waals surface area contributed by atoms with E-state index in [1.165, 1.54) is 12.1 Å². The van der Waals surface area contributed by atoms with Crippen LogP contribution in [-0.2, 0) is 11.3 Å². The highest BCUT2D eigenvalue weighted by molar-refractivity contribution is 5.79. The maximum absolute atomic E-state index is 13.1. The van der Waals surface area contributed by atoms with Gasteiger partial charge in [-0.25, -0.2) is 4.39 Å². The molecule has 162 valence electrons. The number of nitrogens with zero attached hydrogens (tertiary/aromatic N) is 1. The van der Waals surface area contributed by atoms with Gasteiger partial charge in [0.15, 0.2) is 0 Å². The minimum atomic E-state index is -0.207. The number of halogens is 1. The van der Waals surface area contributed by atoms with E-state index >= 15 is 0 Å². The zero-order chi connectivity index (χ0) is 21.5. The molecule has 1 saturated heterocycles. The van der Waals surface area contributed by atoms with Crippen molar-refractivity contribution in [2.75, 3.05) is 20.2 Å². The van der Waals surface area contributed by atoms with Gasteiger partial charge in [-0.3, -0.25) is 9.69 Å². The molecule has 30 heavy (non-hydrogen) atoms. The number of carbonyl (C=O) groups excluding carboxylic acids is 1. The van der Waals surface area contributed by atoms with Gasteiger partial charge in [-0.15, -0.1) is 0 Å². The molecule has 2 aromatic rings. The summed E-state index contributed by atoms with van der Waals surface area (Å²) in [7, 11) is 1.66. The first-order valence-electron chi connectivity index (χ1n) is 10.9. The van der Waals surface area contributed by atoms with E-state index in [1.54, 1.807) is 7.11 Å². The summed E-state index contributed by atoms with van der Waals surface area (Å²) in [6, 6.07) is 14.7. The Labute approximate surface area is 179 Å². The third kappa shape index (κ3) is 6.30. The van der Waals surface area contributed by atoms with E-state index in [1.807, 2.05) is 36.4 Å². The van der Waals surface area contributed by atoms with Gasteiger partial charge in [0.25, 0.3) is 0 Å². The van der Waals surface area contributed by atoms with Crippen LogP contribution < -0.4 is 10.1 Å². The zero-order valence-corrected chi connectivity index (χ0v) is 18.2. The molecule has 1 N–H and O–H groups in total. The molecule has 0 spiro atoms. The van der Waals surface area contributed by atoms with E-state index in [2.05, 4.69) is 24.1 Å². The number of hydrogen-bond donors (Lipinski definition) is 1. The summed E-state index contributed by atoms with van der Waals surface area (Å²) in [6.45, 7) is 6.92. The molecule has 1 unspecified atom stereocenters. The van der Waals surface area contributed by atoms with Crippen molar-refractivity contribution < 1.29 is 13.9 Å². The molecule has 1 aliphatic rings. The standard InChI is InChI=1S/C25H33FN2O2/c1-18(2)16-24(20-6-10-23(30-3)11-7-20)27-25(29)21-12-14-28(15-13-21)17-19-4-8-22(26)9-5-19/h4-11,18,21,24H,12-17H2,1-3H3,(H,27,29). The second kappa shape index (κ2) is 10.6. The van der Waals surface area contributed by atoms with Crippen LogP contribution in [-0.4, -0.2) is 31.0 Å². The summed E-state index contributed by atoms with van der Waals surface area (Å²) in [5.41, 5.74) is 2.22. The van der Waals surface area contributed by atoms with Gasteiger partial charge in [0.05, 0.1) is 13.2 Å². The van der Waals surface area contributed by atoms with Crippen LogP contribution in [0.1, 0.15) is 50.3 Å². The van der Waals surface area contributed by atoms with Gasteiger partial charge in [-0.1, -0.05) is 38.1 Å². The Kier molecular flexibility index (Phi) is 7.86. The Balaban J connectivity index is 1.55. The lowest BCUT2D eigenvalue weighted by molar-refractivity contribution is -0.127. The predicted molar refractivity (Wildman–Crippen MR) is 118 cm³/mol. The number of amides is 1. The third-order valence-corrected chi connectivity index (χ3v) is 5.82. The van der Waals surface area contributed by atoms with Gasteiger partial charge in [0.1, 0.15) is 11.6 Å². The number of nitrogens with one attached hydrogen (secondary N) is 1. The highest BCUT2D eigenvalue weighted by Crippen LogP contribution is 2.26. The summed E-state index contributed by atoms with van der Waals surface area (Å²) < 4.78 is 18.3. The highest BCUT2D eigenvalue weighted by atomic mass is 19.1. The average Bonchev–Trinajstić information content (AvgIpc) is 2.75. The molecule has 0 bridgehead atoms. The summed E-state index contributed by atoms with van der Waals surface area (Å²) in [4.78, 5) is 15.3. The molecule has 1 amide bonds. The molecule has 1 heterocycles. The largest absolute Gasteiger partial charge is 0.497 e. The van der Waals surface area contributed by atoms with Crippen LogP contribution in [0.3, 0.4) is 0 Å². The number of ether oxygens (including phenoxy) is 1. The lowest BCUT2D eigenvalue weighted by Gasteiger charge is -2.32. The quantitative estimate of drug-likeness (QED) is 0.667. The fourth-order valence-electron chi connectivity index (χ4n) is 4.08. The maximum atomic E-state index is 13.1. The number of benzene rings is 2. The zero-order valence-electron chi connectivity index (χ0n) is 18.2. The highest BCUT2D eigenvalue weighted by Gasteiger charge is 2.27. The first-order chi connectivity index (χ1) is 14.4. The van der Waals surface area contributed by atoms with Crippen molar-refractivity contribution in [2.24, 2.45) is 11.8 Å². The summed E-state index contributed by atoms with van der Waals surface area (Å²) in [6.07, 6.45) is 2.61. The van der Waals surface area contributed by atoms with Crippen LogP contribution in [0.25, 0.3) is 0 Å². The molecule has 0 aromatic heterocycles. The fraction of sp³-hybridized carbons (Fsp3) is 0.480. The Hall–Kier alpha value is -2.40. The minimum Gasteiger partial charge on any atom is -0.497 e. The number of carbonyl (C=O) groups is 1. The Morgan fingerprint density at radius 3 is 2.30 bits per heavy atom. The van der Waals surface area contributed by atoms with E-state index in [9.17, 15) is 9.18 Å². The van der Waals surface area contributed by atoms with Crippen LogP contribution in [0, 0.1) is 17.7 Å². The van der Waals surface area contributed by atoms with Crippen molar-refractivity contribution in [2.45, 2.75) is 45.7 Å². The van der Waals surface area contributed by atoms with E-state index < -0.39 is 0 Å². The van der Waals surface area contributed by atoms with E-state index in [-0.39, 0.29) is 23.7 Å². The number of hydrogen-bond acceptors (Lipinski definition) is 3. The molecule has 3 rings (SSSR count). The Morgan fingerprint density at radius 2 is 1.73 bits per heavy atom. The first-order valence-corrected chi connectivity index (χ1v) is 10.9. The van der Waals surface area contributed by atoms with Gasteiger partial charge >= 0.3 is 0 Å². The van der Waals surface area contributed by atoms with E-state index in [0.717, 1.165) is 55.8 Å². The van der Waals surface area contributed by atoms with E-state index in [0.29, 0.717) is 5.92 Å². The van der Waals surface area contributed by atoms with Gasteiger partial charge < -0.3 is 10.1 Å². The number of piperidine rings is 1. The Morgan fingerprint density at radius 1 is 1.10 bits per heavy atom. The second-order valence-electron chi connectivity index (χ2n) is 8.64. The van der Waals surface area contributed by atoms with Crippen LogP contribution in [0.2, 0.25) is 0 Å². The first kappa shape index (κ1) is 22.3. The van der Waals surface area contributed by atoms with Gasteiger partial charge in [0.2, 0.25) is 5.91 Å². The van der Waals surface area contributed by atoms with Crippen molar-refractivity contribution in [1.29, 1.82) is 0 Å². The van der Waals surface area contributed by atoms with Crippen molar-refractivity contribution in [3.8, 4) is 5.75 Å². The second-order valence-corrected chi connectivity index (χ2v) is 8.64. The number of likely N-dealkylation sites (tertiary alicyclic amines) is 1. The average molecular weight is 413 g/mol. The van der Waals surface area contributed by atoms with Crippen molar-refractivity contribution in [3.05, 3.63) is 65.5 Å². The molecular weight excluding hydrogens is 379 g/mol. The summed E-state index contributed by atoms with van der Waals surface area (Å²) in [5.74, 6) is 1.29. The van der Waals surface area contributed by atoms with Gasteiger partial charge in [0, 0.05) is 12.5 Å². The minimum absolute atomic E-state index is 0.0145. The van der Waals surface area contributed by atoms with E-state index in [4.69, 9.17) is 4.74 Å². The lowest BCUT2D eigenvalue weighted by atomic mass is 9.92. The Bertz CT molecular complexity index is 797. The molecule has 0 aliphatic carbocycles. The molecule has 2 aromatic carbocycles. The van der Waals surface area contributed by atoms with Crippen LogP contribution >= 0.6 is 0 Å². The van der Waals surface area contributed by atoms with Crippen LogP contribution in [0.15, 0.2) is 48.5 Å². The summed E-state index contributed by atoms with van der Waals surface area (Å²) in [5, 5.41) is 3.30. The third-order valence-electron chi connectivity index (χ3n) is 5.82. The molecular formula is C25H33FN2O2. The summed E-state index contributed by atoms with van der Waals surface area (Å²) >= 11 is 0. The number of rotatable bonds is 8. The normalized spacial score (nSPS) is 16.4. The molecule has 1 aliphatic heterocycles. The van der Waals surface area contributed by atoms with Crippen LogP contribution in [0.4, 0.5) is 4.39 Å².